The van der Waals surface area contributed by atoms with Gasteiger partial charge in [-0.3, -0.25) is 4.79 Å². The Hall–Kier alpha value is -2.47. The molecule has 0 aromatic heterocycles. The van der Waals surface area contributed by atoms with Gasteiger partial charge in [0.1, 0.15) is 11.6 Å². The van der Waals surface area contributed by atoms with Gasteiger partial charge in [0.2, 0.25) is 12.7 Å². The van der Waals surface area contributed by atoms with Crippen LogP contribution in [-0.2, 0) is 11.2 Å². The number of carbonyl (C=O) groups excluding carboxylic acids is 1. The summed E-state index contributed by atoms with van der Waals surface area (Å²) in [4.78, 5) is 14.0. The molecule has 4 rings (SSSR count). The highest BCUT2D eigenvalue weighted by Crippen LogP contribution is 2.35. The van der Waals surface area contributed by atoms with Gasteiger partial charge in [-0.25, -0.2) is 4.39 Å². The molecule has 7 heteroatoms. The molecule has 2 heterocycles. The lowest BCUT2D eigenvalue weighted by atomic mass is 9.99. The van der Waals surface area contributed by atoms with Gasteiger partial charge in [0.15, 0.2) is 11.5 Å². The third-order valence-corrected chi connectivity index (χ3v) is 4.88. The Kier molecular flexibility index (Phi) is 4.59. The summed E-state index contributed by atoms with van der Waals surface area (Å²) in [6, 6.07) is 9.86. The molecule has 0 radical (unpaired) electrons. The second kappa shape index (κ2) is 7.03. The van der Waals surface area contributed by atoms with Crippen molar-refractivity contribution in [2.45, 2.75) is 6.42 Å². The number of hydrogen-bond acceptors (Lipinski definition) is 4. The number of amides is 1. The summed E-state index contributed by atoms with van der Waals surface area (Å²) in [6.45, 7) is 1.92. The van der Waals surface area contributed by atoms with Gasteiger partial charge in [-0.2, -0.15) is 0 Å². The van der Waals surface area contributed by atoms with Crippen LogP contribution in [0.15, 0.2) is 36.4 Å². The SMILES string of the molecule is O=C(Cc1c(F)cccc1Cl)N1CC(COc2ccc3c(c2)OCO3)C1. The highest BCUT2D eigenvalue weighted by Gasteiger charge is 2.31. The Balaban J connectivity index is 1.26. The lowest BCUT2D eigenvalue weighted by Gasteiger charge is -2.39. The Morgan fingerprint density at radius 2 is 2.04 bits per heavy atom. The van der Waals surface area contributed by atoms with E-state index >= 15 is 0 Å². The minimum atomic E-state index is -0.450. The predicted octanol–water partition coefficient (Wildman–Crippen LogP) is 3.29. The van der Waals surface area contributed by atoms with Crippen molar-refractivity contribution in [2.24, 2.45) is 5.92 Å². The maximum Gasteiger partial charge on any atom is 0.231 e. The lowest BCUT2D eigenvalue weighted by molar-refractivity contribution is -0.137. The molecule has 1 amide bonds. The van der Waals surface area contributed by atoms with E-state index in [0.29, 0.717) is 36.9 Å². The second-order valence-electron chi connectivity index (χ2n) is 6.37. The molecular formula is C19H17ClFNO4. The van der Waals surface area contributed by atoms with E-state index < -0.39 is 5.82 Å². The average molecular weight is 378 g/mol. The van der Waals surface area contributed by atoms with Crippen molar-refractivity contribution in [1.82, 2.24) is 4.90 Å². The van der Waals surface area contributed by atoms with E-state index in [1.807, 2.05) is 12.1 Å². The Labute approximate surface area is 155 Å². The van der Waals surface area contributed by atoms with Gasteiger partial charge >= 0.3 is 0 Å². The maximum absolute atomic E-state index is 13.8. The maximum atomic E-state index is 13.8. The molecule has 1 saturated heterocycles. The zero-order chi connectivity index (χ0) is 18.1. The molecule has 0 saturated carbocycles. The quantitative estimate of drug-likeness (QED) is 0.802. The summed E-state index contributed by atoms with van der Waals surface area (Å²) in [5.41, 5.74) is 0.249. The van der Waals surface area contributed by atoms with Crippen molar-refractivity contribution in [3.05, 3.63) is 52.8 Å². The summed E-state index contributed by atoms with van der Waals surface area (Å²) >= 11 is 5.98. The van der Waals surface area contributed by atoms with Crippen molar-refractivity contribution in [2.75, 3.05) is 26.5 Å². The fraction of sp³-hybridized carbons (Fsp3) is 0.316. The largest absolute Gasteiger partial charge is 0.493 e. The Bertz CT molecular complexity index is 818. The molecular weight excluding hydrogens is 361 g/mol. The molecule has 2 aliphatic rings. The topological polar surface area (TPSA) is 48.0 Å². The molecule has 5 nitrogen and oxygen atoms in total. The van der Waals surface area contributed by atoms with Crippen molar-refractivity contribution in [1.29, 1.82) is 0 Å². The molecule has 136 valence electrons. The summed E-state index contributed by atoms with van der Waals surface area (Å²) in [5, 5.41) is 0.279. The first kappa shape index (κ1) is 17.0. The van der Waals surface area contributed by atoms with Gasteiger partial charge in [0.05, 0.1) is 13.0 Å². The van der Waals surface area contributed by atoms with Gasteiger partial charge in [-0.1, -0.05) is 17.7 Å². The average Bonchev–Trinajstić information content (AvgIpc) is 3.04. The first-order valence-corrected chi connectivity index (χ1v) is 8.71. The summed E-state index contributed by atoms with van der Waals surface area (Å²) < 4.78 is 30.1. The second-order valence-corrected chi connectivity index (χ2v) is 6.78. The van der Waals surface area contributed by atoms with Crippen molar-refractivity contribution in [3.63, 3.8) is 0 Å². The number of hydrogen-bond donors (Lipinski definition) is 0. The van der Waals surface area contributed by atoms with Crippen molar-refractivity contribution in [3.8, 4) is 17.2 Å². The molecule has 0 atom stereocenters. The molecule has 0 N–H and O–H groups in total. The van der Waals surface area contributed by atoms with Crippen LogP contribution in [0.1, 0.15) is 5.56 Å². The van der Waals surface area contributed by atoms with E-state index in [1.165, 1.54) is 12.1 Å². The van der Waals surface area contributed by atoms with Crippen molar-refractivity contribution >= 4 is 17.5 Å². The number of likely N-dealkylation sites (tertiary alicyclic amines) is 1. The first-order chi connectivity index (χ1) is 12.6. The third-order valence-electron chi connectivity index (χ3n) is 4.53. The first-order valence-electron chi connectivity index (χ1n) is 8.33. The van der Waals surface area contributed by atoms with E-state index in [0.717, 1.165) is 0 Å². The van der Waals surface area contributed by atoms with Crippen LogP contribution in [0, 0.1) is 11.7 Å². The number of nitrogens with zero attached hydrogens (tertiary/aromatic N) is 1. The fourth-order valence-electron chi connectivity index (χ4n) is 3.02. The van der Waals surface area contributed by atoms with Gasteiger partial charge in [0, 0.05) is 35.7 Å². The number of carbonyl (C=O) groups is 1. The van der Waals surface area contributed by atoms with Crippen LogP contribution in [0.3, 0.4) is 0 Å². The van der Waals surface area contributed by atoms with Crippen LogP contribution in [0.5, 0.6) is 17.2 Å². The number of ether oxygens (including phenoxy) is 3. The number of benzene rings is 2. The van der Waals surface area contributed by atoms with E-state index in [4.69, 9.17) is 25.8 Å². The zero-order valence-corrected chi connectivity index (χ0v) is 14.7. The lowest BCUT2D eigenvalue weighted by Crippen LogP contribution is -2.52. The van der Waals surface area contributed by atoms with E-state index in [-0.39, 0.29) is 35.6 Å². The summed E-state index contributed by atoms with van der Waals surface area (Å²) in [5.74, 6) is 1.77. The molecule has 2 aromatic rings. The van der Waals surface area contributed by atoms with Crippen LogP contribution in [-0.4, -0.2) is 37.3 Å². The van der Waals surface area contributed by atoms with Crippen LogP contribution in [0.25, 0.3) is 0 Å². The molecule has 1 fully saturated rings. The molecule has 2 aliphatic heterocycles. The number of rotatable bonds is 5. The zero-order valence-electron chi connectivity index (χ0n) is 13.9. The highest BCUT2D eigenvalue weighted by molar-refractivity contribution is 6.31. The van der Waals surface area contributed by atoms with Gasteiger partial charge in [-0.15, -0.1) is 0 Å². The molecule has 2 aromatic carbocycles. The van der Waals surface area contributed by atoms with Crippen LogP contribution >= 0.6 is 11.6 Å². The van der Waals surface area contributed by atoms with Crippen LogP contribution in [0.4, 0.5) is 4.39 Å². The standard InChI is InChI=1S/C19H17ClFNO4/c20-15-2-1-3-16(21)14(15)7-19(23)22-8-12(9-22)10-24-13-4-5-17-18(6-13)26-11-25-17/h1-6,12H,7-11H2. The van der Waals surface area contributed by atoms with Crippen LogP contribution < -0.4 is 14.2 Å². The minimum absolute atomic E-state index is 0.0265. The van der Waals surface area contributed by atoms with Crippen molar-refractivity contribution < 1.29 is 23.4 Å². The minimum Gasteiger partial charge on any atom is -0.493 e. The predicted molar refractivity (Wildman–Crippen MR) is 93.2 cm³/mol. The Morgan fingerprint density at radius 3 is 2.85 bits per heavy atom. The Morgan fingerprint density at radius 1 is 1.23 bits per heavy atom. The monoisotopic (exact) mass is 377 g/mol. The van der Waals surface area contributed by atoms with Gasteiger partial charge in [0.25, 0.3) is 0 Å². The summed E-state index contributed by atoms with van der Waals surface area (Å²) in [7, 11) is 0. The highest BCUT2D eigenvalue weighted by atomic mass is 35.5. The molecule has 0 aliphatic carbocycles. The molecule has 0 bridgehead atoms. The van der Waals surface area contributed by atoms with Gasteiger partial charge < -0.3 is 19.1 Å². The molecule has 0 spiro atoms. The molecule has 0 unspecified atom stereocenters. The fourth-order valence-corrected chi connectivity index (χ4v) is 3.25. The third kappa shape index (κ3) is 3.42. The van der Waals surface area contributed by atoms with E-state index in [2.05, 4.69) is 0 Å². The molecule has 26 heavy (non-hydrogen) atoms. The normalized spacial score (nSPS) is 15.7. The summed E-state index contributed by atoms with van der Waals surface area (Å²) in [6.07, 6.45) is -0.0265. The smallest absolute Gasteiger partial charge is 0.231 e. The van der Waals surface area contributed by atoms with E-state index in [1.54, 1.807) is 17.0 Å². The number of halogens is 2. The number of fused-ring (bicyclic) bond motifs is 1. The van der Waals surface area contributed by atoms with Gasteiger partial charge in [-0.05, 0) is 24.3 Å². The van der Waals surface area contributed by atoms with E-state index in [9.17, 15) is 9.18 Å². The van der Waals surface area contributed by atoms with Crippen LogP contribution in [0.2, 0.25) is 5.02 Å².